The monoisotopic (exact) mass is 462 g/mol. The van der Waals surface area contributed by atoms with Crippen molar-refractivity contribution in [2.75, 3.05) is 33.7 Å². The molecule has 0 saturated heterocycles. The summed E-state index contributed by atoms with van der Waals surface area (Å²) in [6.07, 6.45) is 2.47. The summed E-state index contributed by atoms with van der Waals surface area (Å²) >= 11 is 1.76. The quantitative estimate of drug-likeness (QED) is 0.287. The van der Waals surface area contributed by atoms with Crippen LogP contribution in [0.15, 0.2) is 45.3 Å². The number of hydrogen-bond donors (Lipinski definition) is 2. The first-order valence-corrected chi connectivity index (χ1v) is 8.34. The fourth-order valence-electron chi connectivity index (χ4n) is 2.07. The summed E-state index contributed by atoms with van der Waals surface area (Å²) in [5.74, 6) is 0.925. The van der Waals surface area contributed by atoms with E-state index in [4.69, 9.17) is 4.42 Å². The van der Waals surface area contributed by atoms with Crippen LogP contribution in [0.1, 0.15) is 15.4 Å². The number of aliphatic imine (C=N–C) groups is 1. The highest BCUT2D eigenvalue weighted by molar-refractivity contribution is 14.0. The third-order valence-electron chi connectivity index (χ3n) is 3.29. The van der Waals surface area contributed by atoms with Crippen LogP contribution in [0, 0.1) is 0 Å². The molecule has 0 aromatic carbocycles. The zero-order valence-electron chi connectivity index (χ0n) is 13.8. The summed E-state index contributed by atoms with van der Waals surface area (Å²) in [6, 6.07) is 7.53. The van der Waals surface area contributed by atoms with Gasteiger partial charge in [-0.1, -0.05) is 6.07 Å². The van der Waals surface area contributed by atoms with E-state index < -0.39 is 0 Å². The second kappa shape index (κ2) is 11.1. The van der Waals surface area contributed by atoms with Gasteiger partial charge in [0, 0.05) is 38.6 Å². The Morgan fingerprint density at radius 3 is 2.71 bits per heavy atom. The molecule has 0 spiro atoms. The van der Waals surface area contributed by atoms with Crippen LogP contribution in [0.3, 0.4) is 0 Å². The number of halogens is 1. The number of guanidine groups is 1. The summed E-state index contributed by atoms with van der Waals surface area (Å²) in [5.41, 5.74) is 0. The fourth-order valence-corrected chi connectivity index (χ4v) is 2.77. The second-order valence-corrected chi connectivity index (χ2v) is 5.99. The smallest absolute Gasteiger partial charge is 0.287 e. The molecule has 24 heavy (non-hydrogen) atoms. The molecule has 1 amide bonds. The molecule has 132 valence electrons. The van der Waals surface area contributed by atoms with Crippen LogP contribution < -0.4 is 10.6 Å². The highest BCUT2D eigenvalue weighted by Gasteiger charge is 2.08. The van der Waals surface area contributed by atoms with Crippen molar-refractivity contribution in [2.24, 2.45) is 4.99 Å². The molecular formula is C16H23IN4O2S. The molecule has 2 aromatic rings. The average Bonchev–Trinajstić information content (AvgIpc) is 3.25. The number of thiophene rings is 1. The van der Waals surface area contributed by atoms with Crippen LogP contribution in [0.4, 0.5) is 0 Å². The largest absolute Gasteiger partial charge is 0.459 e. The molecule has 2 aromatic heterocycles. The van der Waals surface area contributed by atoms with Crippen molar-refractivity contribution >= 4 is 47.2 Å². The molecule has 0 saturated carbocycles. The minimum atomic E-state index is -0.210. The Morgan fingerprint density at radius 2 is 2.08 bits per heavy atom. The molecular weight excluding hydrogens is 439 g/mol. The Kier molecular flexibility index (Phi) is 9.46. The molecule has 0 radical (unpaired) electrons. The third kappa shape index (κ3) is 6.52. The first-order valence-electron chi connectivity index (χ1n) is 7.46. The number of nitrogens with zero attached hydrogens (tertiary/aromatic N) is 2. The minimum absolute atomic E-state index is 0. The maximum atomic E-state index is 11.7. The van der Waals surface area contributed by atoms with Crippen LogP contribution in [0.2, 0.25) is 0 Å². The zero-order chi connectivity index (χ0) is 16.5. The van der Waals surface area contributed by atoms with Crippen molar-refractivity contribution in [3.63, 3.8) is 0 Å². The van der Waals surface area contributed by atoms with Crippen molar-refractivity contribution in [3.05, 3.63) is 46.5 Å². The van der Waals surface area contributed by atoms with E-state index >= 15 is 0 Å². The van der Waals surface area contributed by atoms with E-state index in [1.165, 1.54) is 11.1 Å². The lowest BCUT2D eigenvalue weighted by atomic mass is 10.3. The third-order valence-corrected chi connectivity index (χ3v) is 4.22. The van der Waals surface area contributed by atoms with Gasteiger partial charge < -0.3 is 20.0 Å². The first-order chi connectivity index (χ1) is 11.2. The molecule has 2 N–H and O–H groups in total. The van der Waals surface area contributed by atoms with Crippen LogP contribution in [0.5, 0.6) is 0 Å². The number of carbonyl (C=O) groups is 1. The van der Waals surface area contributed by atoms with Gasteiger partial charge in [-0.05, 0) is 30.0 Å². The van der Waals surface area contributed by atoms with E-state index in [0.29, 0.717) is 18.8 Å². The number of hydrogen-bond acceptors (Lipinski definition) is 4. The molecule has 8 heteroatoms. The number of amides is 1. The van der Waals surface area contributed by atoms with Gasteiger partial charge >= 0.3 is 0 Å². The second-order valence-electron chi connectivity index (χ2n) is 4.96. The molecule has 0 aliphatic carbocycles. The summed E-state index contributed by atoms with van der Waals surface area (Å²) in [6.45, 7) is 1.98. The van der Waals surface area contributed by atoms with Crippen molar-refractivity contribution in [1.29, 1.82) is 0 Å². The molecule has 0 fully saturated rings. The van der Waals surface area contributed by atoms with E-state index in [9.17, 15) is 4.79 Å². The van der Waals surface area contributed by atoms with Gasteiger partial charge in [0.2, 0.25) is 0 Å². The van der Waals surface area contributed by atoms with E-state index in [1.54, 1.807) is 30.5 Å². The highest BCUT2D eigenvalue weighted by atomic mass is 127. The number of likely N-dealkylation sites (N-methyl/N-ethyl adjacent to an activating group) is 1. The van der Waals surface area contributed by atoms with Gasteiger partial charge in [0.25, 0.3) is 5.91 Å². The molecule has 0 unspecified atom stereocenters. The Labute approximate surface area is 163 Å². The van der Waals surface area contributed by atoms with Crippen LogP contribution >= 0.6 is 35.3 Å². The predicted octanol–water partition coefficient (Wildman–Crippen LogP) is 2.44. The molecule has 0 aliphatic heterocycles. The van der Waals surface area contributed by atoms with E-state index in [2.05, 4.69) is 38.0 Å². The molecule has 2 rings (SSSR count). The van der Waals surface area contributed by atoms with Gasteiger partial charge in [-0.2, -0.15) is 0 Å². The Balaban J connectivity index is 0.00000288. The molecule has 0 aliphatic rings. The summed E-state index contributed by atoms with van der Waals surface area (Å²) < 4.78 is 5.04. The lowest BCUT2D eigenvalue weighted by Crippen LogP contribution is -2.43. The van der Waals surface area contributed by atoms with Gasteiger partial charge in [-0.25, -0.2) is 0 Å². The van der Waals surface area contributed by atoms with E-state index in [-0.39, 0.29) is 29.9 Å². The van der Waals surface area contributed by atoms with Crippen LogP contribution in [-0.4, -0.2) is 50.5 Å². The molecule has 0 atom stereocenters. The molecule has 2 heterocycles. The SMILES string of the molecule is CN=C(NCCNC(=O)c1ccco1)N(C)CCc1cccs1.I. The number of furan rings is 1. The highest BCUT2D eigenvalue weighted by Crippen LogP contribution is 2.09. The molecule has 0 bridgehead atoms. The van der Waals surface area contributed by atoms with E-state index in [1.807, 2.05) is 7.05 Å². The summed E-state index contributed by atoms with van der Waals surface area (Å²) in [4.78, 5) is 19.4. The lowest BCUT2D eigenvalue weighted by Gasteiger charge is -2.21. The van der Waals surface area contributed by atoms with Gasteiger partial charge in [-0.15, -0.1) is 35.3 Å². The van der Waals surface area contributed by atoms with Gasteiger partial charge in [0.1, 0.15) is 0 Å². The maximum absolute atomic E-state index is 11.7. The number of nitrogens with one attached hydrogen (secondary N) is 2. The normalized spacial score (nSPS) is 10.8. The zero-order valence-corrected chi connectivity index (χ0v) is 17.0. The Bertz CT molecular complexity index is 614. The van der Waals surface area contributed by atoms with Crippen molar-refractivity contribution in [2.45, 2.75) is 6.42 Å². The summed E-state index contributed by atoms with van der Waals surface area (Å²) in [5, 5.41) is 8.11. The van der Waals surface area contributed by atoms with Crippen molar-refractivity contribution < 1.29 is 9.21 Å². The predicted molar refractivity (Wildman–Crippen MR) is 108 cm³/mol. The van der Waals surface area contributed by atoms with Crippen LogP contribution in [-0.2, 0) is 6.42 Å². The maximum Gasteiger partial charge on any atom is 0.287 e. The van der Waals surface area contributed by atoms with Gasteiger partial charge in [0.05, 0.1) is 6.26 Å². The van der Waals surface area contributed by atoms with Crippen LogP contribution in [0.25, 0.3) is 0 Å². The standard InChI is InChI=1S/C16H22N4O2S.HI/c1-17-16(20(2)10-7-13-5-4-12-23-13)19-9-8-18-15(21)14-6-3-11-22-14;/h3-6,11-12H,7-10H2,1-2H3,(H,17,19)(H,18,21);1H. The Hall–Kier alpha value is -1.55. The van der Waals surface area contributed by atoms with E-state index in [0.717, 1.165) is 18.9 Å². The number of carbonyl (C=O) groups excluding carboxylic acids is 1. The van der Waals surface area contributed by atoms with Gasteiger partial charge in [-0.3, -0.25) is 9.79 Å². The minimum Gasteiger partial charge on any atom is -0.459 e. The first kappa shape index (κ1) is 20.5. The van der Waals surface area contributed by atoms with Gasteiger partial charge in [0.15, 0.2) is 11.7 Å². The average molecular weight is 462 g/mol. The molecule has 6 nitrogen and oxygen atoms in total. The van der Waals surface area contributed by atoms with Crippen molar-refractivity contribution in [1.82, 2.24) is 15.5 Å². The number of rotatable bonds is 7. The lowest BCUT2D eigenvalue weighted by molar-refractivity contribution is 0.0926. The van der Waals surface area contributed by atoms with Crippen molar-refractivity contribution in [3.8, 4) is 0 Å². The Morgan fingerprint density at radius 1 is 1.29 bits per heavy atom. The fraction of sp³-hybridized carbons (Fsp3) is 0.375. The topological polar surface area (TPSA) is 69.9 Å². The summed E-state index contributed by atoms with van der Waals surface area (Å²) in [7, 11) is 3.76.